The predicted octanol–water partition coefficient (Wildman–Crippen LogP) is 3.56. The predicted molar refractivity (Wildman–Crippen MR) is 142 cm³/mol. The number of benzene rings is 3. The smallest absolute Gasteiger partial charge is 0.281 e. The van der Waals surface area contributed by atoms with Crippen LogP contribution in [0.1, 0.15) is 5.56 Å². The molecule has 0 radical (unpaired) electrons. The summed E-state index contributed by atoms with van der Waals surface area (Å²) in [5.74, 6) is 0.129. The van der Waals surface area contributed by atoms with Crippen LogP contribution in [0.2, 0.25) is 0 Å². The summed E-state index contributed by atoms with van der Waals surface area (Å²) >= 11 is 6.45. The van der Waals surface area contributed by atoms with Crippen LogP contribution >= 0.6 is 11.8 Å². The number of sulfonamides is 2. The van der Waals surface area contributed by atoms with Gasteiger partial charge in [0.1, 0.15) is 10.6 Å². The molecule has 1 heterocycles. The first-order valence-electron chi connectivity index (χ1n) is 11.2. The molecule has 12 heteroatoms. The molecule has 1 saturated heterocycles. The molecule has 2 N–H and O–H groups in total. The Kier molecular flexibility index (Phi) is 7.65. The van der Waals surface area contributed by atoms with Crippen LogP contribution in [0.5, 0.6) is 5.75 Å². The van der Waals surface area contributed by atoms with Crippen LogP contribution < -0.4 is 23.5 Å². The fraction of sp³-hybridized carbons (Fsp3) is 0.250. The van der Waals surface area contributed by atoms with E-state index in [1.54, 1.807) is 42.5 Å². The van der Waals surface area contributed by atoms with Gasteiger partial charge in [-0.05, 0) is 55.0 Å². The van der Waals surface area contributed by atoms with E-state index in [9.17, 15) is 16.8 Å². The Labute approximate surface area is 216 Å². The quantitative estimate of drug-likeness (QED) is 0.413. The molecule has 0 unspecified atom stereocenters. The molecule has 0 bridgehead atoms. The molecule has 0 aromatic heterocycles. The maximum atomic E-state index is 13.5. The minimum Gasteiger partial charge on any atom is -0.495 e. The Hall–Kier alpha value is -2.99. The summed E-state index contributed by atoms with van der Waals surface area (Å²) in [6.45, 7) is 4.79. The Morgan fingerprint density at radius 3 is 2.33 bits per heavy atom. The lowest BCUT2D eigenvalue weighted by Gasteiger charge is -2.30. The number of hydrogen-bond acceptors (Lipinski definition) is 7. The van der Waals surface area contributed by atoms with Gasteiger partial charge in [-0.15, -0.1) is 0 Å². The summed E-state index contributed by atoms with van der Waals surface area (Å²) in [5.41, 5.74) is 1.53. The molecule has 4 rings (SSSR count). The Morgan fingerprint density at radius 2 is 1.67 bits per heavy atom. The highest BCUT2D eigenvalue weighted by molar-refractivity contribution is 7.94. The number of rotatable bonds is 8. The van der Waals surface area contributed by atoms with Crippen molar-refractivity contribution in [2.75, 3.05) is 46.7 Å². The average molecular weight is 551 g/mol. The summed E-state index contributed by atoms with van der Waals surface area (Å²) in [7, 11) is -6.98. The molecule has 0 spiro atoms. The lowest BCUT2D eigenvalue weighted by atomic mass is 10.2. The van der Waals surface area contributed by atoms with E-state index in [4.69, 9.17) is 16.5 Å². The van der Waals surface area contributed by atoms with E-state index in [1.165, 1.54) is 31.4 Å². The molecule has 36 heavy (non-hydrogen) atoms. The number of anilines is 3. The van der Waals surface area contributed by atoms with Gasteiger partial charge in [0.05, 0.1) is 23.4 Å². The number of ether oxygens (including phenoxy) is 1. The molecule has 1 fully saturated rings. The number of aryl methyl sites for hydroxylation is 1. The van der Waals surface area contributed by atoms with Crippen LogP contribution in [0, 0.1) is 6.92 Å². The van der Waals surface area contributed by atoms with Gasteiger partial charge >= 0.3 is 0 Å². The van der Waals surface area contributed by atoms with E-state index in [-0.39, 0.29) is 26.9 Å². The Bertz CT molecular complexity index is 1440. The van der Waals surface area contributed by atoms with Crippen molar-refractivity contribution in [2.24, 2.45) is 0 Å². The fourth-order valence-electron chi connectivity index (χ4n) is 3.89. The topological polar surface area (TPSA) is 108 Å². The third-order valence-electron chi connectivity index (χ3n) is 5.76. The van der Waals surface area contributed by atoms with Gasteiger partial charge in [-0.2, -0.15) is 12.2 Å². The molecule has 0 atom stereocenters. The first kappa shape index (κ1) is 26.1. The highest BCUT2D eigenvalue weighted by Crippen LogP contribution is 2.38. The van der Waals surface area contributed by atoms with Crippen molar-refractivity contribution < 1.29 is 21.6 Å². The minimum atomic E-state index is -4.32. The van der Waals surface area contributed by atoms with E-state index in [0.29, 0.717) is 16.9 Å². The van der Waals surface area contributed by atoms with Crippen molar-refractivity contribution in [3.63, 3.8) is 0 Å². The van der Waals surface area contributed by atoms with E-state index in [2.05, 4.69) is 14.9 Å². The molecule has 192 valence electrons. The molecular formula is C24H27ClN4O5S2. The van der Waals surface area contributed by atoms with Crippen LogP contribution in [0.15, 0.2) is 76.5 Å². The highest BCUT2D eigenvalue weighted by Gasteiger charge is 2.30. The van der Waals surface area contributed by atoms with Crippen LogP contribution in [0.25, 0.3) is 0 Å². The number of nitrogens with zero attached hydrogens (tertiary/aromatic N) is 2. The second-order valence-electron chi connectivity index (χ2n) is 8.23. The zero-order valence-corrected chi connectivity index (χ0v) is 22.2. The molecule has 1 aliphatic rings. The summed E-state index contributed by atoms with van der Waals surface area (Å²) in [6.07, 6.45) is 0. The number of piperazine rings is 1. The second kappa shape index (κ2) is 10.6. The molecule has 3 aromatic rings. The van der Waals surface area contributed by atoms with Crippen molar-refractivity contribution in [1.29, 1.82) is 0 Å². The standard InChI is InChI=1S/C24H27ClN4O5S2/c1-18-8-11-24(23(16-18)34-2)36(32,33)29(25)22-10-9-19(28-14-12-26-13-15-28)17-21(22)27-35(30,31)20-6-4-3-5-7-20/h3-11,16-17,26-27H,12-15H2,1-2H3. The van der Waals surface area contributed by atoms with Crippen LogP contribution in [0.3, 0.4) is 0 Å². The lowest BCUT2D eigenvalue weighted by molar-refractivity contribution is 0.402. The first-order valence-corrected chi connectivity index (χ1v) is 14.4. The molecule has 9 nitrogen and oxygen atoms in total. The van der Waals surface area contributed by atoms with Gasteiger partial charge in [0.15, 0.2) is 0 Å². The summed E-state index contributed by atoms with van der Waals surface area (Å²) in [6, 6.07) is 17.3. The number of hydrogen-bond donors (Lipinski definition) is 2. The van der Waals surface area contributed by atoms with E-state index in [0.717, 1.165) is 24.3 Å². The number of halogens is 1. The molecule has 1 aliphatic heterocycles. The number of methoxy groups -OCH3 is 1. The largest absolute Gasteiger partial charge is 0.495 e. The van der Waals surface area contributed by atoms with Gasteiger partial charge in [0, 0.05) is 43.6 Å². The normalized spacial score (nSPS) is 14.4. The monoisotopic (exact) mass is 550 g/mol. The van der Waals surface area contributed by atoms with Gasteiger partial charge in [-0.1, -0.05) is 24.3 Å². The summed E-state index contributed by atoms with van der Waals surface area (Å²) < 4.78 is 61.7. The van der Waals surface area contributed by atoms with Gasteiger partial charge < -0.3 is 15.0 Å². The molecule has 0 aliphatic carbocycles. The van der Waals surface area contributed by atoms with Crippen molar-refractivity contribution >= 4 is 48.9 Å². The maximum absolute atomic E-state index is 13.5. The van der Waals surface area contributed by atoms with E-state index in [1.807, 2.05) is 6.92 Å². The molecule has 3 aromatic carbocycles. The zero-order chi connectivity index (χ0) is 25.9. The summed E-state index contributed by atoms with van der Waals surface area (Å²) in [5, 5.41) is 3.27. The van der Waals surface area contributed by atoms with E-state index >= 15 is 0 Å². The SMILES string of the molecule is COc1cc(C)ccc1S(=O)(=O)N(Cl)c1ccc(N2CCNCC2)cc1NS(=O)(=O)c1ccccc1. The van der Waals surface area contributed by atoms with Crippen molar-refractivity contribution in [3.05, 3.63) is 72.3 Å². The van der Waals surface area contributed by atoms with Crippen molar-refractivity contribution in [3.8, 4) is 5.75 Å². The Balaban J connectivity index is 1.80. The second-order valence-corrected chi connectivity index (χ2v) is 12.2. The van der Waals surface area contributed by atoms with Gasteiger partial charge in [-0.3, -0.25) is 4.72 Å². The highest BCUT2D eigenvalue weighted by atomic mass is 35.5. The molecular weight excluding hydrogens is 524 g/mol. The third kappa shape index (κ3) is 5.39. The average Bonchev–Trinajstić information content (AvgIpc) is 2.88. The van der Waals surface area contributed by atoms with E-state index < -0.39 is 20.0 Å². The van der Waals surface area contributed by atoms with Crippen LogP contribution in [0.4, 0.5) is 17.1 Å². The molecule has 0 saturated carbocycles. The summed E-state index contributed by atoms with van der Waals surface area (Å²) in [4.78, 5) is 1.97. The van der Waals surface area contributed by atoms with Crippen molar-refractivity contribution in [2.45, 2.75) is 16.7 Å². The first-order chi connectivity index (χ1) is 17.1. The Morgan fingerprint density at radius 1 is 0.972 bits per heavy atom. The van der Waals surface area contributed by atoms with Gasteiger partial charge in [0.25, 0.3) is 20.0 Å². The maximum Gasteiger partial charge on any atom is 0.281 e. The molecule has 0 amide bonds. The van der Waals surface area contributed by atoms with Gasteiger partial charge in [0.2, 0.25) is 0 Å². The lowest BCUT2D eigenvalue weighted by Crippen LogP contribution is -2.43. The van der Waals surface area contributed by atoms with Crippen LogP contribution in [-0.2, 0) is 20.0 Å². The minimum absolute atomic E-state index is 0.0274. The van der Waals surface area contributed by atoms with Gasteiger partial charge in [-0.25, -0.2) is 8.42 Å². The van der Waals surface area contributed by atoms with Crippen LogP contribution in [-0.4, -0.2) is 50.1 Å². The zero-order valence-electron chi connectivity index (χ0n) is 19.8. The number of nitrogens with one attached hydrogen (secondary N) is 2. The third-order valence-corrected chi connectivity index (χ3v) is 9.38. The fourth-order valence-corrected chi connectivity index (χ4v) is 6.57. The van der Waals surface area contributed by atoms with Crippen molar-refractivity contribution in [1.82, 2.24) is 5.32 Å².